The molecule has 126 valence electrons. The molecule has 1 aliphatic heterocycles. The molecule has 1 fully saturated rings. The molecule has 0 aliphatic carbocycles. The number of nitrogens with zero attached hydrogens (tertiary/aromatic N) is 1. The number of carbonyl (C=O) groups excluding carboxylic acids is 1. The number of aryl methyl sites for hydroxylation is 1. The van der Waals surface area contributed by atoms with Crippen LogP contribution in [0.1, 0.15) is 24.1 Å². The van der Waals surface area contributed by atoms with Crippen LogP contribution in [-0.4, -0.2) is 24.2 Å². The number of ether oxygens (including phenoxy) is 1. The van der Waals surface area contributed by atoms with E-state index in [1.54, 1.807) is 18.2 Å². The second kappa shape index (κ2) is 6.97. The highest BCUT2D eigenvalue weighted by Gasteiger charge is 2.36. The van der Waals surface area contributed by atoms with Crippen molar-refractivity contribution in [3.63, 3.8) is 0 Å². The van der Waals surface area contributed by atoms with Gasteiger partial charge in [-0.2, -0.15) is 0 Å². The molecule has 2 heterocycles. The Bertz CT molecular complexity index is 712. The summed E-state index contributed by atoms with van der Waals surface area (Å²) in [5.74, 6) is 0.197. The Morgan fingerprint density at radius 3 is 2.54 bits per heavy atom. The summed E-state index contributed by atoms with van der Waals surface area (Å²) in [4.78, 5) is 16.7. The fraction of sp³-hybridized carbons (Fsp3) is 0.333. The SMILES string of the molecule is Cc1cccc(NC(=O)NC2(c3ccc(F)cc3)CCOCC2)n1. The molecule has 1 saturated heterocycles. The van der Waals surface area contributed by atoms with E-state index in [1.165, 1.54) is 12.1 Å². The van der Waals surface area contributed by atoms with Gasteiger partial charge in [-0.25, -0.2) is 14.2 Å². The number of rotatable bonds is 3. The number of pyridine rings is 1. The predicted octanol–water partition coefficient (Wildman–Crippen LogP) is 3.36. The zero-order valence-corrected chi connectivity index (χ0v) is 13.5. The zero-order valence-electron chi connectivity index (χ0n) is 13.5. The minimum absolute atomic E-state index is 0.297. The number of carbonyl (C=O) groups is 1. The van der Waals surface area contributed by atoms with E-state index in [1.807, 2.05) is 19.1 Å². The topological polar surface area (TPSA) is 63.2 Å². The van der Waals surface area contributed by atoms with E-state index in [-0.39, 0.29) is 11.8 Å². The summed E-state index contributed by atoms with van der Waals surface area (Å²) in [6.45, 7) is 2.95. The van der Waals surface area contributed by atoms with Gasteiger partial charge in [0.25, 0.3) is 0 Å². The minimum atomic E-state index is -0.570. The van der Waals surface area contributed by atoms with Crippen molar-refractivity contribution in [1.29, 1.82) is 0 Å². The molecule has 0 atom stereocenters. The van der Waals surface area contributed by atoms with Gasteiger partial charge in [-0.15, -0.1) is 0 Å². The first kappa shape index (κ1) is 16.4. The molecule has 5 nitrogen and oxygen atoms in total. The standard InChI is InChI=1S/C18H20FN3O2/c1-13-3-2-4-16(20-13)21-17(23)22-18(9-11-24-12-10-18)14-5-7-15(19)8-6-14/h2-8H,9-12H2,1H3,(H2,20,21,22,23). The first-order chi connectivity index (χ1) is 11.6. The maximum absolute atomic E-state index is 13.2. The minimum Gasteiger partial charge on any atom is -0.381 e. The number of anilines is 1. The molecule has 0 spiro atoms. The largest absolute Gasteiger partial charge is 0.381 e. The van der Waals surface area contributed by atoms with E-state index < -0.39 is 5.54 Å². The predicted molar refractivity (Wildman–Crippen MR) is 89.3 cm³/mol. The van der Waals surface area contributed by atoms with Crippen molar-refractivity contribution in [1.82, 2.24) is 10.3 Å². The molecule has 0 radical (unpaired) electrons. The van der Waals surface area contributed by atoms with Crippen molar-refractivity contribution in [3.05, 3.63) is 59.5 Å². The van der Waals surface area contributed by atoms with Crippen LogP contribution in [0.5, 0.6) is 0 Å². The fourth-order valence-electron chi connectivity index (χ4n) is 2.95. The molecule has 3 rings (SSSR count). The number of amides is 2. The first-order valence-electron chi connectivity index (χ1n) is 7.94. The van der Waals surface area contributed by atoms with E-state index in [0.29, 0.717) is 31.9 Å². The molecule has 1 aromatic heterocycles. The number of urea groups is 1. The zero-order chi connectivity index (χ0) is 17.0. The van der Waals surface area contributed by atoms with Crippen LogP contribution >= 0.6 is 0 Å². The van der Waals surface area contributed by atoms with Gasteiger partial charge in [0.05, 0.1) is 5.54 Å². The van der Waals surface area contributed by atoms with E-state index in [0.717, 1.165) is 11.3 Å². The Kier molecular flexibility index (Phi) is 4.76. The molecular weight excluding hydrogens is 309 g/mol. The third kappa shape index (κ3) is 3.71. The molecule has 0 unspecified atom stereocenters. The van der Waals surface area contributed by atoms with Gasteiger partial charge in [-0.05, 0) is 49.6 Å². The third-order valence-electron chi connectivity index (χ3n) is 4.23. The monoisotopic (exact) mass is 329 g/mol. The average molecular weight is 329 g/mol. The number of benzene rings is 1. The summed E-state index contributed by atoms with van der Waals surface area (Å²) >= 11 is 0. The summed E-state index contributed by atoms with van der Waals surface area (Å²) in [6, 6.07) is 11.4. The number of hydrogen-bond donors (Lipinski definition) is 2. The maximum atomic E-state index is 13.2. The molecule has 0 bridgehead atoms. The van der Waals surface area contributed by atoms with Gasteiger partial charge in [0, 0.05) is 18.9 Å². The van der Waals surface area contributed by atoms with Crippen LogP contribution in [0.3, 0.4) is 0 Å². The number of halogens is 1. The maximum Gasteiger partial charge on any atom is 0.321 e. The van der Waals surface area contributed by atoms with E-state index in [9.17, 15) is 9.18 Å². The average Bonchev–Trinajstić information content (AvgIpc) is 2.56. The van der Waals surface area contributed by atoms with Crippen LogP contribution in [0.25, 0.3) is 0 Å². The van der Waals surface area contributed by atoms with Gasteiger partial charge in [-0.1, -0.05) is 18.2 Å². The smallest absolute Gasteiger partial charge is 0.321 e. The Morgan fingerprint density at radius 1 is 1.17 bits per heavy atom. The Hall–Kier alpha value is -2.47. The van der Waals surface area contributed by atoms with Crippen LogP contribution in [0.15, 0.2) is 42.5 Å². The Labute approximate surface area is 140 Å². The van der Waals surface area contributed by atoms with Crippen LogP contribution in [0, 0.1) is 12.7 Å². The lowest BCUT2D eigenvalue weighted by molar-refractivity contribution is 0.0417. The summed E-state index contributed by atoms with van der Waals surface area (Å²) in [7, 11) is 0. The van der Waals surface area contributed by atoms with Gasteiger partial charge in [0.1, 0.15) is 11.6 Å². The highest BCUT2D eigenvalue weighted by atomic mass is 19.1. The molecule has 1 aromatic carbocycles. The number of aromatic nitrogens is 1. The van der Waals surface area contributed by atoms with Crippen molar-refractivity contribution in [3.8, 4) is 0 Å². The highest BCUT2D eigenvalue weighted by molar-refractivity contribution is 5.88. The van der Waals surface area contributed by atoms with Crippen molar-refractivity contribution in [2.24, 2.45) is 0 Å². The molecule has 0 saturated carbocycles. The summed E-state index contributed by atoms with van der Waals surface area (Å²) in [5.41, 5.74) is 1.13. The molecule has 2 amide bonds. The van der Waals surface area contributed by atoms with Crippen LogP contribution in [-0.2, 0) is 10.3 Å². The van der Waals surface area contributed by atoms with E-state index >= 15 is 0 Å². The Balaban J connectivity index is 1.79. The summed E-state index contributed by atoms with van der Waals surface area (Å²) in [6.07, 6.45) is 1.26. The highest BCUT2D eigenvalue weighted by Crippen LogP contribution is 2.32. The van der Waals surface area contributed by atoms with Gasteiger partial charge in [-0.3, -0.25) is 5.32 Å². The fourth-order valence-corrected chi connectivity index (χ4v) is 2.95. The van der Waals surface area contributed by atoms with Gasteiger partial charge < -0.3 is 10.1 Å². The normalized spacial score (nSPS) is 16.4. The lowest BCUT2D eigenvalue weighted by Gasteiger charge is -2.38. The van der Waals surface area contributed by atoms with E-state index in [2.05, 4.69) is 15.6 Å². The molecule has 6 heteroatoms. The summed E-state index contributed by atoms with van der Waals surface area (Å²) in [5, 5.41) is 5.80. The van der Waals surface area contributed by atoms with Crippen LogP contribution in [0.4, 0.5) is 15.0 Å². The van der Waals surface area contributed by atoms with Crippen molar-refractivity contribution < 1.29 is 13.9 Å². The third-order valence-corrected chi connectivity index (χ3v) is 4.23. The molecular formula is C18H20FN3O2. The van der Waals surface area contributed by atoms with Crippen molar-refractivity contribution in [2.75, 3.05) is 18.5 Å². The van der Waals surface area contributed by atoms with Crippen LogP contribution < -0.4 is 10.6 Å². The number of hydrogen-bond acceptors (Lipinski definition) is 3. The lowest BCUT2D eigenvalue weighted by atomic mass is 9.83. The quantitative estimate of drug-likeness (QED) is 0.907. The molecule has 2 N–H and O–H groups in total. The van der Waals surface area contributed by atoms with Gasteiger partial charge in [0.2, 0.25) is 0 Å². The second-order valence-electron chi connectivity index (χ2n) is 5.94. The van der Waals surface area contributed by atoms with E-state index in [4.69, 9.17) is 4.74 Å². The summed E-state index contributed by atoms with van der Waals surface area (Å²) < 4.78 is 18.7. The van der Waals surface area contributed by atoms with Crippen LogP contribution in [0.2, 0.25) is 0 Å². The Morgan fingerprint density at radius 2 is 1.88 bits per heavy atom. The molecule has 24 heavy (non-hydrogen) atoms. The van der Waals surface area contributed by atoms with Crippen molar-refractivity contribution >= 4 is 11.8 Å². The van der Waals surface area contributed by atoms with Crippen molar-refractivity contribution in [2.45, 2.75) is 25.3 Å². The van der Waals surface area contributed by atoms with Gasteiger partial charge >= 0.3 is 6.03 Å². The first-order valence-corrected chi connectivity index (χ1v) is 7.94. The number of nitrogens with one attached hydrogen (secondary N) is 2. The second-order valence-corrected chi connectivity index (χ2v) is 5.94. The lowest BCUT2D eigenvalue weighted by Crippen LogP contribution is -2.51. The van der Waals surface area contributed by atoms with Gasteiger partial charge in [0.15, 0.2) is 0 Å². The molecule has 1 aliphatic rings. The molecule has 2 aromatic rings.